The molecule has 0 saturated heterocycles. The van der Waals surface area contributed by atoms with Gasteiger partial charge in [-0.1, -0.05) is 17.7 Å². The number of carbonyl (C=O) groups excluding carboxylic acids is 1. The first kappa shape index (κ1) is 13.9. The Morgan fingerprint density at radius 3 is 2.40 bits per heavy atom. The van der Waals surface area contributed by atoms with Crippen LogP contribution in [0.1, 0.15) is 37.8 Å². The lowest BCUT2D eigenvalue weighted by Crippen LogP contribution is -2.22. The Labute approximate surface area is 116 Å². The second-order valence-corrected chi connectivity index (χ2v) is 4.54. The summed E-state index contributed by atoms with van der Waals surface area (Å²) in [4.78, 5) is 22.8. The smallest absolute Gasteiger partial charge is 0.339 e. The number of carboxylic acids is 1. The van der Waals surface area contributed by atoms with E-state index in [0.29, 0.717) is 17.1 Å². The number of aryl methyl sites for hydroxylation is 2. The molecule has 2 aromatic rings. The Morgan fingerprint density at radius 1 is 1.20 bits per heavy atom. The van der Waals surface area contributed by atoms with Crippen molar-refractivity contribution in [3.05, 3.63) is 58.5 Å². The van der Waals surface area contributed by atoms with Gasteiger partial charge >= 0.3 is 5.97 Å². The molecule has 1 amide bonds. The molecule has 0 atom stereocenters. The first-order valence-corrected chi connectivity index (χ1v) is 6.15. The normalized spacial score (nSPS) is 10.3. The summed E-state index contributed by atoms with van der Waals surface area (Å²) >= 11 is 0. The molecule has 0 radical (unpaired) electrons. The first-order chi connectivity index (χ1) is 9.47. The molecule has 0 unspecified atom stereocenters. The van der Waals surface area contributed by atoms with E-state index < -0.39 is 5.97 Å². The van der Waals surface area contributed by atoms with Gasteiger partial charge in [0.2, 0.25) is 0 Å². The van der Waals surface area contributed by atoms with Crippen LogP contribution in [0, 0.1) is 13.8 Å². The molecule has 0 aliphatic rings. The van der Waals surface area contributed by atoms with Crippen LogP contribution < -0.4 is 5.32 Å². The van der Waals surface area contributed by atoms with Crippen molar-refractivity contribution in [3.63, 3.8) is 0 Å². The van der Waals surface area contributed by atoms with Crippen molar-refractivity contribution in [1.29, 1.82) is 0 Å². The van der Waals surface area contributed by atoms with Gasteiger partial charge < -0.3 is 14.8 Å². The fraction of sp³-hybridized carbons (Fsp3) is 0.200. The van der Waals surface area contributed by atoms with E-state index in [4.69, 9.17) is 9.52 Å². The van der Waals surface area contributed by atoms with Crippen LogP contribution in [-0.2, 0) is 6.54 Å². The van der Waals surface area contributed by atoms with Crippen LogP contribution in [0.3, 0.4) is 0 Å². The number of benzene rings is 1. The van der Waals surface area contributed by atoms with E-state index in [-0.39, 0.29) is 18.0 Å². The van der Waals surface area contributed by atoms with Crippen LogP contribution in [-0.4, -0.2) is 17.0 Å². The monoisotopic (exact) mass is 273 g/mol. The van der Waals surface area contributed by atoms with Gasteiger partial charge in [-0.3, -0.25) is 4.79 Å². The second kappa shape index (κ2) is 5.61. The van der Waals surface area contributed by atoms with Crippen molar-refractivity contribution in [3.8, 4) is 0 Å². The van der Waals surface area contributed by atoms with Crippen molar-refractivity contribution in [1.82, 2.24) is 5.32 Å². The summed E-state index contributed by atoms with van der Waals surface area (Å²) < 4.78 is 5.29. The van der Waals surface area contributed by atoms with Crippen LogP contribution in [0.15, 0.2) is 34.7 Å². The quantitative estimate of drug-likeness (QED) is 0.897. The number of furan rings is 1. The van der Waals surface area contributed by atoms with E-state index in [9.17, 15) is 9.59 Å². The average molecular weight is 273 g/mol. The molecule has 104 valence electrons. The maximum Gasteiger partial charge on any atom is 0.339 e. The molecule has 20 heavy (non-hydrogen) atoms. The van der Waals surface area contributed by atoms with Crippen molar-refractivity contribution < 1.29 is 19.1 Å². The second-order valence-electron chi connectivity index (χ2n) is 4.54. The van der Waals surface area contributed by atoms with Gasteiger partial charge in [-0.2, -0.15) is 0 Å². The number of carbonyl (C=O) groups is 2. The Kier molecular flexibility index (Phi) is 3.89. The predicted molar refractivity (Wildman–Crippen MR) is 72.8 cm³/mol. The molecular weight excluding hydrogens is 258 g/mol. The highest BCUT2D eigenvalue weighted by atomic mass is 16.4. The zero-order chi connectivity index (χ0) is 14.7. The first-order valence-electron chi connectivity index (χ1n) is 6.15. The van der Waals surface area contributed by atoms with E-state index in [0.717, 1.165) is 5.56 Å². The SMILES string of the molecule is Cc1ccc(C(=O)NCc2cc(C(=O)O)c(C)o2)cc1. The van der Waals surface area contributed by atoms with Gasteiger partial charge in [-0.25, -0.2) is 4.79 Å². The summed E-state index contributed by atoms with van der Waals surface area (Å²) in [6, 6.07) is 8.61. The van der Waals surface area contributed by atoms with Gasteiger partial charge in [0.15, 0.2) is 0 Å². The Hall–Kier alpha value is -2.56. The molecule has 2 N–H and O–H groups in total. The Balaban J connectivity index is 2.01. The summed E-state index contributed by atoms with van der Waals surface area (Å²) in [6.07, 6.45) is 0. The van der Waals surface area contributed by atoms with Crippen molar-refractivity contribution in [2.24, 2.45) is 0 Å². The zero-order valence-corrected chi connectivity index (χ0v) is 11.3. The molecule has 0 aliphatic heterocycles. The zero-order valence-electron chi connectivity index (χ0n) is 11.3. The minimum Gasteiger partial charge on any atom is -0.478 e. The molecule has 2 rings (SSSR count). The van der Waals surface area contributed by atoms with Crippen LogP contribution in [0.25, 0.3) is 0 Å². The molecular formula is C15H15NO4. The summed E-state index contributed by atoms with van der Waals surface area (Å²) in [6.45, 7) is 3.68. The highest BCUT2D eigenvalue weighted by Crippen LogP contribution is 2.14. The number of hydrogen-bond donors (Lipinski definition) is 2. The third-order valence-corrected chi connectivity index (χ3v) is 2.94. The number of amides is 1. The van der Waals surface area contributed by atoms with Crippen LogP contribution >= 0.6 is 0 Å². The van der Waals surface area contributed by atoms with Gasteiger partial charge in [0.05, 0.1) is 6.54 Å². The fourth-order valence-electron chi connectivity index (χ4n) is 1.82. The van der Waals surface area contributed by atoms with E-state index >= 15 is 0 Å². The number of aromatic carboxylic acids is 1. The van der Waals surface area contributed by atoms with E-state index in [2.05, 4.69) is 5.32 Å². The summed E-state index contributed by atoms with van der Waals surface area (Å²) in [5.41, 5.74) is 1.75. The molecule has 5 heteroatoms. The lowest BCUT2D eigenvalue weighted by molar-refractivity contribution is 0.0694. The third-order valence-electron chi connectivity index (χ3n) is 2.94. The summed E-state index contributed by atoms with van der Waals surface area (Å²) in [5.74, 6) is -0.518. The van der Waals surface area contributed by atoms with Gasteiger partial charge in [0.25, 0.3) is 5.91 Å². The summed E-state index contributed by atoms with van der Waals surface area (Å²) in [7, 11) is 0. The van der Waals surface area contributed by atoms with Crippen LogP contribution in [0.4, 0.5) is 0 Å². The maximum atomic E-state index is 11.9. The Morgan fingerprint density at radius 2 is 1.85 bits per heavy atom. The molecule has 1 aromatic carbocycles. The summed E-state index contributed by atoms with van der Waals surface area (Å²) in [5, 5.41) is 11.6. The lowest BCUT2D eigenvalue weighted by atomic mass is 10.1. The van der Waals surface area contributed by atoms with Crippen molar-refractivity contribution in [2.45, 2.75) is 20.4 Å². The van der Waals surface area contributed by atoms with E-state index in [1.807, 2.05) is 19.1 Å². The van der Waals surface area contributed by atoms with E-state index in [1.165, 1.54) is 6.07 Å². The van der Waals surface area contributed by atoms with Crippen molar-refractivity contribution in [2.75, 3.05) is 0 Å². The third kappa shape index (κ3) is 3.06. The minimum absolute atomic E-state index is 0.115. The molecule has 0 spiro atoms. The average Bonchev–Trinajstić information content (AvgIpc) is 2.78. The minimum atomic E-state index is -1.04. The van der Waals surface area contributed by atoms with Gasteiger partial charge in [0, 0.05) is 5.56 Å². The van der Waals surface area contributed by atoms with Gasteiger partial charge in [-0.15, -0.1) is 0 Å². The standard InChI is InChI=1S/C15H15NO4/c1-9-3-5-11(6-4-9)14(17)16-8-12-7-13(15(18)19)10(2)20-12/h3-7H,8H2,1-2H3,(H,16,17)(H,18,19). The number of carboxylic acid groups (broad SMARTS) is 1. The molecule has 1 heterocycles. The van der Waals surface area contributed by atoms with Gasteiger partial charge in [0.1, 0.15) is 17.1 Å². The van der Waals surface area contributed by atoms with E-state index in [1.54, 1.807) is 19.1 Å². The topological polar surface area (TPSA) is 79.5 Å². The lowest BCUT2D eigenvalue weighted by Gasteiger charge is -2.03. The maximum absolute atomic E-state index is 11.9. The molecule has 1 aromatic heterocycles. The molecule has 5 nitrogen and oxygen atoms in total. The molecule has 0 aliphatic carbocycles. The molecule has 0 saturated carbocycles. The highest BCUT2D eigenvalue weighted by molar-refractivity contribution is 5.94. The fourth-order valence-corrected chi connectivity index (χ4v) is 1.82. The number of hydrogen-bond acceptors (Lipinski definition) is 3. The molecule has 0 fully saturated rings. The molecule has 0 bridgehead atoms. The van der Waals surface area contributed by atoms with Gasteiger partial charge in [-0.05, 0) is 32.0 Å². The van der Waals surface area contributed by atoms with Crippen LogP contribution in [0.5, 0.6) is 0 Å². The Bertz CT molecular complexity index is 640. The van der Waals surface area contributed by atoms with Crippen molar-refractivity contribution >= 4 is 11.9 Å². The number of nitrogens with one attached hydrogen (secondary N) is 1. The number of rotatable bonds is 4. The highest BCUT2D eigenvalue weighted by Gasteiger charge is 2.14. The predicted octanol–water partition coefficient (Wildman–Crippen LogP) is 2.52. The largest absolute Gasteiger partial charge is 0.478 e. The van der Waals surface area contributed by atoms with Crippen LogP contribution in [0.2, 0.25) is 0 Å².